The number of nitrogens with zero attached hydrogens (tertiary/aromatic N) is 2. The first-order valence-corrected chi connectivity index (χ1v) is 7.43. The van der Waals surface area contributed by atoms with Gasteiger partial charge >= 0.3 is 0 Å². The summed E-state index contributed by atoms with van der Waals surface area (Å²) in [4.78, 5) is 27.6. The van der Waals surface area contributed by atoms with Gasteiger partial charge in [-0.2, -0.15) is 0 Å². The molecule has 6 heteroatoms. The molecule has 20 heavy (non-hydrogen) atoms. The van der Waals surface area contributed by atoms with Crippen molar-refractivity contribution in [1.82, 2.24) is 9.80 Å². The highest BCUT2D eigenvalue weighted by molar-refractivity contribution is 5.80. The number of ether oxygens (including phenoxy) is 1. The van der Waals surface area contributed by atoms with Crippen LogP contribution in [0.2, 0.25) is 0 Å². The third-order valence-electron chi connectivity index (χ3n) is 4.31. The summed E-state index contributed by atoms with van der Waals surface area (Å²) in [5, 5.41) is 0. The molecule has 3 unspecified atom stereocenters. The second-order valence-electron chi connectivity index (χ2n) is 5.93. The van der Waals surface area contributed by atoms with Crippen LogP contribution in [0.25, 0.3) is 0 Å². The van der Waals surface area contributed by atoms with Gasteiger partial charge in [0, 0.05) is 25.2 Å². The summed E-state index contributed by atoms with van der Waals surface area (Å²) in [7, 11) is 0. The Bertz CT molecular complexity index is 365. The minimum absolute atomic E-state index is 0.148. The van der Waals surface area contributed by atoms with Crippen molar-refractivity contribution < 1.29 is 14.3 Å². The van der Waals surface area contributed by atoms with Gasteiger partial charge in [-0.05, 0) is 33.1 Å². The first-order chi connectivity index (χ1) is 9.49. The Morgan fingerprint density at radius 1 is 1.25 bits per heavy atom. The Kier molecular flexibility index (Phi) is 4.99. The minimum Gasteiger partial charge on any atom is -0.367 e. The van der Waals surface area contributed by atoms with E-state index in [0.29, 0.717) is 38.3 Å². The lowest BCUT2D eigenvalue weighted by atomic mass is 9.97. The summed E-state index contributed by atoms with van der Waals surface area (Å²) in [6.07, 6.45) is 2.74. The fourth-order valence-corrected chi connectivity index (χ4v) is 3.20. The van der Waals surface area contributed by atoms with Crippen LogP contribution in [-0.2, 0) is 14.3 Å². The molecule has 6 nitrogen and oxygen atoms in total. The molecule has 114 valence electrons. The van der Waals surface area contributed by atoms with Gasteiger partial charge in [0.05, 0.1) is 13.2 Å². The van der Waals surface area contributed by atoms with Crippen LogP contribution in [0.3, 0.4) is 0 Å². The predicted octanol–water partition coefficient (Wildman–Crippen LogP) is -0.0380. The van der Waals surface area contributed by atoms with E-state index in [2.05, 4.69) is 13.8 Å². The van der Waals surface area contributed by atoms with Crippen LogP contribution >= 0.6 is 0 Å². The summed E-state index contributed by atoms with van der Waals surface area (Å²) >= 11 is 0. The summed E-state index contributed by atoms with van der Waals surface area (Å²) in [6.45, 7) is 6.11. The maximum Gasteiger partial charge on any atom is 0.247 e. The minimum atomic E-state index is -0.590. The summed E-state index contributed by atoms with van der Waals surface area (Å²) in [5.41, 5.74) is 5.26. The molecular formula is C14H25N3O3. The van der Waals surface area contributed by atoms with Crippen molar-refractivity contribution in [2.45, 2.75) is 51.3 Å². The van der Waals surface area contributed by atoms with E-state index < -0.39 is 12.0 Å². The van der Waals surface area contributed by atoms with Crippen molar-refractivity contribution in [2.24, 2.45) is 5.73 Å². The zero-order chi connectivity index (χ0) is 14.7. The molecular weight excluding hydrogens is 258 g/mol. The largest absolute Gasteiger partial charge is 0.367 e. The highest BCUT2D eigenvalue weighted by Gasteiger charge is 2.32. The van der Waals surface area contributed by atoms with Gasteiger partial charge in [-0.1, -0.05) is 0 Å². The fraction of sp³-hybridized carbons (Fsp3) is 0.857. The number of rotatable bonds is 3. The number of primary amides is 1. The molecule has 2 fully saturated rings. The molecule has 2 aliphatic heterocycles. The van der Waals surface area contributed by atoms with Gasteiger partial charge in [0.1, 0.15) is 6.10 Å². The zero-order valence-electron chi connectivity index (χ0n) is 12.4. The number of morpholine rings is 1. The number of hydrogen-bond acceptors (Lipinski definition) is 4. The van der Waals surface area contributed by atoms with Gasteiger partial charge in [-0.25, -0.2) is 0 Å². The average Bonchev–Trinajstić information content (AvgIpc) is 2.38. The van der Waals surface area contributed by atoms with Crippen molar-refractivity contribution >= 4 is 11.8 Å². The molecule has 0 spiro atoms. The predicted molar refractivity (Wildman–Crippen MR) is 75.0 cm³/mol. The zero-order valence-corrected chi connectivity index (χ0v) is 12.4. The van der Waals surface area contributed by atoms with E-state index in [1.165, 1.54) is 6.42 Å². The molecule has 2 rings (SSSR count). The highest BCUT2D eigenvalue weighted by Crippen LogP contribution is 2.22. The average molecular weight is 283 g/mol. The van der Waals surface area contributed by atoms with Crippen LogP contribution in [0.1, 0.15) is 33.1 Å². The number of carbonyl (C=O) groups excluding carboxylic acids is 2. The van der Waals surface area contributed by atoms with E-state index in [4.69, 9.17) is 10.5 Å². The lowest BCUT2D eigenvalue weighted by Gasteiger charge is -2.41. The third-order valence-corrected chi connectivity index (χ3v) is 4.31. The topological polar surface area (TPSA) is 75.9 Å². The molecule has 2 aliphatic rings. The first kappa shape index (κ1) is 15.3. The second kappa shape index (κ2) is 6.54. The maximum absolute atomic E-state index is 12.5. The standard InChI is InChI=1S/C14H25N3O3/c1-10-4-3-5-11(2)17(10)13(18)9-16-6-7-20-12(8-16)14(15)19/h10-12H,3-9H2,1-2H3,(H2,15,19). The molecule has 0 aromatic rings. The number of carbonyl (C=O) groups is 2. The van der Waals surface area contributed by atoms with E-state index in [-0.39, 0.29) is 5.91 Å². The van der Waals surface area contributed by atoms with E-state index in [1.807, 2.05) is 9.80 Å². The van der Waals surface area contributed by atoms with Crippen molar-refractivity contribution in [1.29, 1.82) is 0 Å². The Labute approximate surface area is 120 Å². The van der Waals surface area contributed by atoms with Gasteiger partial charge in [0.25, 0.3) is 0 Å². The van der Waals surface area contributed by atoms with E-state index >= 15 is 0 Å². The van der Waals surface area contributed by atoms with Crippen LogP contribution in [0.4, 0.5) is 0 Å². The second-order valence-corrected chi connectivity index (χ2v) is 5.93. The Balaban J connectivity index is 1.91. The van der Waals surface area contributed by atoms with Crippen LogP contribution in [-0.4, -0.2) is 66.0 Å². The SMILES string of the molecule is CC1CCCC(C)N1C(=O)CN1CCOC(C(N)=O)C1. The summed E-state index contributed by atoms with van der Waals surface area (Å²) in [5.74, 6) is -0.309. The lowest BCUT2D eigenvalue weighted by molar-refractivity contribution is -0.144. The molecule has 2 heterocycles. The van der Waals surface area contributed by atoms with Gasteiger partial charge in [0.15, 0.2) is 0 Å². The van der Waals surface area contributed by atoms with Crippen molar-refractivity contribution in [2.75, 3.05) is 26.2 Å². The van der Waals surface area contributed by atoms with Gasteiger partial charge in [-0.3, -0.25) is 14.5 Å². The normalized spacial score (nSPS) is 32.1. The maximum atomic E-state index is 12.5. The highest BCUT2D eigenvalue weighted by atomic mass is 16.5. The molecule has 0 radical (unpaired) electrons. The van der Waals surface area contributed by atoms with Gasteiger partial charge < -0.3 is 15.4 Å². The van der Waals surface area contributed by atoms with Gasteiger partial charge in [0.2, 0.25) is 11.8 Å². The third kappa shape index (κ3) is 3.49. The Morgan fingerprint density at radius 3 is 2.50 bits per heavy atom. The van der Waals surface area contributed by atoms with E-state index in [0.717, 1.165) is 12.8 Å². The number of likely N-dealkylation sites (tertiary alicyclic amines) is 1. The van der Waals surface area contributed by atoms with Crippen LogP contribution in [0.5, 0.6) is 0 Å². The first-order valence-electron chi connectivity index (χ1n) is 7.43. The quantitative estimate of drug-likeness (QED) is 0.788. The molecule has 0 aromatic heterocycles. The molecule has 0 bridgehead atoms. The van der Waals surface area contributed by atoms with Gasteiger partial charge in [-0.15, -0.1) is 0 Å². The fourth-order valence-electron chi connectivity index (χ4n) is 3.20. The molecule has 2 N–H and O–H groups in total. The number of nitrogens with two attached hydrogens (primary N) is 1. The summed E-state index contributed by atoms with van der Waals surface area (Å²) in [6, 6.07) is 0.610. The Morgan fingerprint density at radius 2 is 1.90 bits per heavy atom. The number of hydrogen-bond donors (Lipinski definition) is 1. The summed E-state index contributed by atoms with van der Waals surface area (Å²) < 4.78 is 5.30. The van der Waals surface area contributed by atoms with Crippen LogP contribution in [0, 0.1) is 0 Å². The smallest absolute Gasteiger partial charge is 0.247 e. The van der Waals surface area contributed by atoms with Crippen molar-refractivity contribution in [3.63, 3.8) is 0 Å². The van der Waals surface area contributed by atoms with Crippen LogP contribution in [0.15, 0.2) is 0 Å². The molecule has 3 atom stereocenters. The number of amides is 2. The Hall–Kier alpha value is -1.14. The molecule has 2 saturated heterocycles. The van der Waals surface area contributed by atoms with E-state index in [9.17, 15) is 9.59 Å². The van der Waals surface area contributed by atoms with Crippen molar-refractivity contribution in [3.05, 3.63) is 0 Å². The molecule has 0 aliphatic carbocycles. The lowest BCUT2D eigenvalue weighted by Crippen LogP contribution is -2.54. The monoisotopic (exact) mass is 283 g/mol. The molecule has 0 aromatic carbocycles. The number of piperidine rings is 1. The molecule has 0 saturated carbocycles. The van der Waals surface area contributed by atoms with Crippen molar-refractivity contribution in [3.8, 4) is 0 Å². The van der Waals surface area contributed by atoms with E-state index in [1.54, 1.807) is 0 Å². The van der Waals surface area contributed by atoms with Crippen LogP contribution < -0.4 is 5.73 Å². The molecule has 2 amide bonds.